The van der Waals surface area contributed by atoms with Crippen LogP contribution in [0.2, 0.25) is 0 Å². The molecule has 0 saturated heterocycles. The molecule has 0 aliphatic rings. The van der Waals surface area contributed by atoms with Crippen LogP contribution in [0.25, 0.3) is 17.0 Å². The van der Waals surface area contributed by atoms with Crippen LogP contribution in [0.3, 0.4) is 0 Å². The summed E-state index contributed by atoms with van der Waals surface area (Å²) >= 11 is 0. The second-order valence-corrected chi connectivity index (χ2v) is 5.10. The molecule has 2 aromatic carbocycles. The van der Waals surface area contributed by atoms with Crippen molar-refractivity contribution < 1.29 is 14.3 Å². The van der Waals surface area contributed by atoms with Crippen LogP contribution >= 0.6 is 0 Å². The maximum absolute atomic E-state index is 11.8. The predicted octanol–water partition coefficient (Wildman–Crippen LogP) is 3.93. The van der Waals surface area contributed by atoms with E-state index in [-0.39, 0.29) is 12.6 Å². The lowest BCUT2D eigenvalue weighted by molar-refractivity contribution is -0.138. The summed E-state index contributed by atoms with van der Waals surface area (Å²) in [5.74, 6) is 0.430. The lowest BCUT2D eigenvalue weighted by Crippen LogP contribution is -2.00. The fourth-order valence-corrected chi connectivity index (χ4v) is 2.28. The summed E-state index contributed by atoms with van der Waals surface area (Å²) in [6, 6.07) is 17.3. The van der Waals surface area contributed by atoms with Crippen LogP contribution in [-0.2, 0) is 16.1 Å². The highest BCUT2D eigenvalue weighted by Crippen LogP contribution is 2.21. The highest BCUT2D eigenvalue weighted by atomic mass is 16.5. The lowest BCUT2D eigenvalue weighted by Gasteiger charge is -2.01. The van der Waals surface area contributed by atoms with Crippen molar-refractivity contribution in [1.29, 1.82) is 0 Å². The average Bonchev–Trinajstić information content (AvgIpc) is 3.01. The number of hydrogen-bond donors (Lipinski definition) is 1. The number of nitrogens with one attached hydrogen (secondary N) is 1. The summed E-state index contributed by atoms with van der Waals surface area (Å²) in [4.78, 5) is 15.0. The largest absolute Gasteiger partial charge is 0.497 e. The number of rotatable bonds is 5. The molecule has 0 fully saturated rings. The first-order valence-electron chi connectivity index (χ1n) is 7.30. The third kappa shape index (κ3) is 3.80. The zero-order chi connectivity index (χ0) is 16.1. The number of carbonyl (C=O) groups excluding carboxylic acids is 1. The number of aromatic nitrogens is 1. The molecule has 0 aliphatic heterocycles. The molecular weight excluding hydrogens is 290 g/mol. The number of ether oxygens (including phenoxy) is 2. The first-order valence-corrected chi connectivity index (χ1v) is 7.30. The first-order chi connectivity index (χ1) is 11.2. The minimum atomic E-state index is -0.370. The lowest BCUT2D eigenvalue weighted by atomic mass is 10.2. The minimum Gasteiger partial charge on any atom is -0.497 e. The van der Waals surface area contributed by atoms with E-state index in [9.17, 15) is 4.79 Å². The smallest absolute Gasteiger partial charge is 0.331 e. The minimum absolute atomic E-state index is 0.272. The monoisotopic (exact) mass is 307 g/mol. The van der Waals surface area contributed by atoms with E-state index in [1.165, 1.54) is 6.08 Å². The van der Waals surface area contributed by atoms with Crippen molar-refractivity contribution in [3.63, 3.8) is 0 Å². The summed E-state index contributed by atoms with van der Waals surface area (Å²) in [7, 11) is 1.64. The molecule has 0 aliphatic carbocycles. The summed E-state index contributed by atoms with van der Waals surface area (Å²) in [6.07, 6.45) is 3.13. The Balaban J connectivity index is 1.64. The van der Waals surface area contributed by atoms with Crippen LogP contribution in [0.15, 0.2) is 60.7 Å². The van der Waals surface area contributed by atoms with Crippen LogP contribution in [0.1, 0.15) is 11.3 Å². The Morgan fingerprint density at radius 2 is 1.96 bits per heavy atom. The number of carbonyl (C=O) groups is 1. The van der Waals surface area contributed by atoms with Crippen LogP contribution in [0.4, 0.5) is 0 Å². The second kappa shape index (κ2) is 6.83. The van der Waals surface area contributed by atoms with Gasteiger partial charge in [-0.05, 0) is 35.9 Å². The molecule has 0 spiro atoms. The van der Waals surface area contributed by atoms with Gasteiger partial charge in [0.15, 0.2) is 0 Å². The third-order valence-electron chi connectivity index (χ3n) is 3.47. The zero-order valence-corrected chi connectivity index (χ0v) is 12.8. The number of aromatic amines is 1. The van der Waals surface area contributed by atoms with Crippen molar-refractivity contribution in [3.05, 3.63) is 71.9 Å². The van der Waals surface area contributed by atoms with E-state index in [0.717, 1.165) is 27.9 Å². The van der Waals surface area contributed by atoms with Crippen molar-refractivity contribution in [1.82, 2.24) is 4.98 Å². The Morgan fingerprint density at radius 3 is 2.74 bits per heavy atom. The number of methoxy groups -OCH3 is 1. The summed E-state index contributed by atoms with van der Waals surface area (Å²) in [6.45, 7) is 0.272. The molecule has 0 saturated carbocycles. The molecule has 4 heteroatoms. The average molecular weight is 307 g/mol. The van der Waals surface area contributed by atoms with Gasteiger partial charge < -0.3 is 14.5 Å². The number of H-pyrrole nitrogens is 1. The Morgan fingerprint density at radius 1 is 1.13 bits per heavy atom. The molecule has 116 valence electrons. The molecule has 4 nitrogen and oxygen atoms in total. The maximum Gasteiger partial charge on any atom is 0.331 e. The van der Waals surface area contributed by atoms with Gasteiger partial charge in [-0.3, -0.25) is 0 Å². The van der Waals surface area contributed by atoms with Crippen LogP contribution in [0.5, 0.6) is 5.75 Å². The van der Waals surface area contributed by atoms with Crippen LogP contribution in [-0.4, -0.2) is 18.1 Å². The summed E-state index contributed by atoms with van der Waals surface area (Å²) < 4.78 is 10.4. The Kier molecular flexibility index (Phi) is 4.43. The SMILES string of the molecule is COc1ccc2[nH]c(C=CC(=O)OCc3ccccc3)cc2c1. The Hall–Kier alpha value is -3.01. The van der Waals surface area contributed by atoms with Gasteiger partial charge in [0.25, 0.3) is 0 Å². The molecule has 0 unspecified atom stereocenters. The van der Waals surface area contributed by atoms with Crippen LogP contribution < -0.4 is 4.74 Å². The molecule has 3 rings (SSSR count). The van der Waals surface area contributed by atoms with Gasteiger partial charge >= 0.3 is 5.97 Å². The molecule has 0 bridgehead atoms. The van der Waals surface area contributed by atoms with Gasteiger partial charge in [-0.1, -0.05) is 30.3 Å². The number of hydrogen-bond acceptors (Lipinski definition) is 3. The quantitative estimate of drug-likeness (QED) is 0.574. The van der Waals surface area contributed by atoms with E-state index in [0.29, 0.717) is 0 Å². The number of esters is 1. The third-order valence-corrected chi connectivity index (χ3v) is 3.47. The van der Waals surface area contributed by atoms with Crippen molar-refractivity contribution in [2.24, 2.45) is 0 Å². The molecule has 1 heterocycles. The van der Waals surface area contributed by atoms with E-state index in [2.05, 4.69) is 4.98 Å². The molecule has 1 aromatic heterocycles. The van der Waals surface area contributed by atoms with E-state index in [4.69, 9.17) is 9.47 Å². The van der Waals surface area contributed by atoms with Gasteiger partial charge in [-0.2, -0.15) is 0 Å². The highest BCUT2D eigenvalue weighted by molar-refractivity contribution is 5.89. The van der Waals surface area contributed by atoms with Crippen molar-refractivity contribution in [2.75, 3.05) is 7.11 Å². The Bertz CT molecular complexity index is 834. The standard InChI is InChI=1S/C19H17NO3/c1-22-17-8-9-18-15(12-17)11-16(20-18)7-10-19(21)23-13-14-5-3-2-4-6-14/h2-12,20H,13H2,1H3. The number of fused-ring (bicyclic) bond motifs is 1. The first kappa shape index (κ1) is 14.9. The van der Waals surface area contributed by atoms with E-state index >= 15 is 0 Å². The maximum atomic E-state index is 11.8. The van der Waals surface area contributed by atoms with Gasteiger partial charge in [-0.25, -0.2) is 4.79 Å². The Labute approximate surface area is 134 Å². The van der Waals surface area contributed by atoms with Crippen LogP contribution in [0, 0.1) is 0 Å². The van der Waals surface area contributed by atoms with Gasteiger partial charge in [0.1, 0.15) is 12.4 Å². The van der Waals surface area contributed by atoms with Gasteiger partial charge in [0.05, 0.1) is 7.11 Å². The zero-order valence-electron chi connectivity index (χ0n) is 12.8. The van der Waals surface area contributed by atoms with Gasteiger partial charge in [0.2, 0.25) is 0 Å². The van der Waals surface area contributed by atoms with E-state index in [1.807, 2.05) is 54.6 Å². The molecule has 1 N–H and O–H groups in total. The van der Waals surface area contributed by atoms with Gasteiger partial charge in [0, 0.05) is 22.7 Å². The van der Waals surface area contributed by atoms with Gasteiger partial charge in [-0.15, -0.1) is 0 Å². The van der Waals surface area contributed by atoms with Crippen molar-refractivity contribution in [3.8, 4) is 5.75 Å². The predicted molar refractivity (Wildman–Crippen MR) is 90.1 cm³/mol. The topological polar surface area (TPSA) is 51.3 Å². The number of benzene rings is 2. The normalized spacial score (nSPS) is 11.0. The summed E-state index contributed by atoms with van der Waals surface area (Å²) in [5.41, 5.74) is 2.79. The highest BCUT2D eigenvalue weighted by Gasteiger charge is 2.02. The molecule has 0 radical (unpaired) electrons. The second-order valence-electron chi connectivity index (χ2n) is 5.10. The molecular formula is C19H17NO3. The summed E-state index contributed by atoms with van der Waals surface area (Å²) in [5, 5.41) is 1.03. The molecule has 0 amide bonds. The van der Waals surface area contributed by atoms with E-state index in [1.54, 1.807) is 13.2 Å². The van der Waals surface area contributed by atoms with E-state index < -0.39 is 0 Å². The van der Waals surface area contributed by atoms with Crippen molar-refractivity contribution >= 4 is 22.9 Å². The fraction of sp³-hybridized carbons (Fsp3) is 0.105. The molecule has 0 atom stereocenters. The fourth-order valence-electron chi connectivity index (χ4n) is 2.28. The molecule has 23 heavy (non-hydrogen) atoms. The molecule has 3 aromatic rings. The van der Waals surface area contributed by atoms with Crippen molar-refractivity contribution in [2.45, 2.75) is 6.61 Å².